The second kappa shape index (κ2) is 13.4. The summed E-state index contributed by atoms with van der Waals surface area (Å²) in [6.45, 7) is 0. The Kier molecular flexibility index (Phi) is 7.74. The van der Waals surface area contributed by atoms with E-state index in [4.69, 9.17) is 0 Å². The molecule has 56 heavy (non-hydrogen) atoms. The lowest BCUT2D eigenvalue weighted by atomic mass is 9.75. The third kappa shape index (κ3) is 5.14. The lowest BCUT2D eigenvalue weighted by Crippen LogP contribution is -2.08. The van der Waals surface area contributed by atoms with Crippen molar-refractivity contribution in [2.45, 2.75) is 11.8 Å². The van der Waals surface area contributed by atoms with Gasteiger partial charge in [-0.25, -0.2) is 0 Å². The van der Waals surface area contributed by atoms with Crippen molar-refractivity contribution in [2.24, 2.45) is 0 Å². The van der Waals surface area contributed by atoms with Crippen molar-refractivity contribution in [1.29, 1.82) is 0 Å². The minimum atomic E-state index is -0.00423. The summed E-state index contributed by atoms with van der Waals surface area (Å²) in [5, 5.41) is 0. The topological polar surface area (TPSA) is 0 Å². The van der Waals surface area contributed by atoms with Crippen molar-refractivity contribution in [3.05, 3.63) is 252 Å². The molecule has 0 saturated heterocycles. The van der Waals surface area contributed by atoms with Gasteiger partial charge in [0, 0.05) is 11.8 Å². The summed E-state index contributed by atoms with van der Waals surface area (Å²) in [5.74, 6) is 0.0701. The van der Waals surface area contributed by atoms with Crippen molar-refractivity contribution in [3.8, 4) is 66.8 Å². The van der Waals surface area contributed by atoms with E-state index in [-0.39, 0.29) is 11.8 Å². The highest BCUT2D eigenvalue weighted by Crippen LogP contribution is 2.64. The van der Waals surface area contributed by atoms with Crippen molar-refractivity contribution in [2.75, 3.05) is 0 Å². The molecule has 0 heteroatoms. The molecule has 9 aromatic rings. The summed E-state index contributed by atoms with van der Waals surface area (Å²) in [7, 11) is 0. The predicted molar refractivity (Wildman–Crippen MR) is 234 cm³/mol. The third-order valence-electron chi connectivity index (χ3n) is 12.0. The monoisotopic (exact) mass is 710 g/mol. The van der Waals surface area contributed by atoms with Crippen LogP contribution in [0.3, 0.4) is 0 Å². The normalized spacial score (nSPS) is 14.8. The molecule has 0 spiro atoms. The van der Waals surface area contributed by atoms with Crippen LogP contribution >= 0.6 is 0 Å². The number of benzene rings is 9. The van der Waals surface area contributed by atoms with E-state index in [1.807, 2.05) is 0 Å². The Balaban J connectivity index is 1.32. The van der Waals surface area contributed by atoms with Gasteiger partial charge in [0.05, 0.1) is 0 Å². The minimum Gasteiger partial charge on any atom is -0.0622 e. The summed E-state index contributed by atoms with van der Waals surface area (Å²) in [6, 6.07) is 81.0. The van der Waals surface area contributed by atoms with Gasteiger partial charge >= 0.3 is 0 Å². The molecule has 9 aromatic carbocycles. The SMILES string of the molecule is c1ccc(-c2cc(-c3ccccc3)cc(C3c4ccccc4-c4c(-c5ccccc5)c5c(c(-c6ccccc6)c43)C(c3ccccc3)c3ccccc3-5)c2)cc1. The quantitative estimate of drug-likeness (QED) is 0.161. The molecule has 2 aliphatic carbocycles. The standard InChI is InChI=1S/C56H38/c1-6-20-37(21-7-1)42-34-43(38-22-8-2-9-23-38)36-44(35-42)50-46-31-17-19-33-48(46)54-51(40-26-12-4-13-27-40)53-47-32-18-16-30-45(47)49(39-24-10-3-11-25-39)55(53)52(56(50)54)41-28-14-5-15-29-41/h1-36,49-50H. The highest BCUT2D eigenvalue weighted by Gasteiger charge is 2.43. The van der Waals surface area contributed by atoms with E-state index in [1.165, 1.54) is 100 Å². The summed E-state index contributed by atoms with van der Waals surface area (Å²) >= 11 is 0. The zero-order valence-corrected chi connectivity index (χ0v) is 30.9. The molecule has 0 radical (unpaired) electrons. The van der Waals surface area contributed by atoms with Gasteiger partial charge in [-0.1, -0.05) is 212 Å². The second-order valence-electron chi connectivity index (χ2n) is 15.1. The number of hydrogen-bond donors (Lipinski definition) is 0. The summed E-state index contributed by atoms with van der Waals surface area (Å²) in [6.07, 6.45) is 0. The van der Waals surface area contributed by atoms with Gasteiger partial charge in [-0.3, -0.25) is 0 Å². The summed E-state index contributed by atoms with van der Waals surface area (Å²) < 4.78 is 0. The Morgan fingerprint density at radius 1 is 0.232 bits per heavy atom. The Bertz CT molecular complexity index is 2820. The van der Waals surface area contributed by atoms with Crippen LogP contribution in [0.4, 0.5) is 0 Å². The Labute approximate surface area is 329 Å². The maximum Gasteiger partial charge on any atom is 0.0359 e. The molecular weight excluding hydrogens is 673 g/mol. The van der Waals surface area contributed by atoms with Crippen molar-refractivity contribution in [1.82, 2.24) is 0 Å². The van der Waals surface area contributed by atoms with E-state index in [9.17, 15) is 0 Å². The molecule has 0 N–H and O–H groups in total. The molecular formula is C56H38. The number of hydrogen-bond acceptors (Lipinski definition) is 0. The first-order valence-corrected chi connectivity index (χ1v) is 19.7. The van der Waals surface area contributed by atoms with Gasteiger partial charge in [0.25, 0.3) is 0 Å². The van der Waals surface area contributed by atoms with Gasteiger partial charge in [-0.2, -0.15) is 0 Å². The first kappa shape index (κ1) is 32.4. The molecule has 0 bridgehead atoms. The molecule has 0 fully saturated rings. The molecule has 0 nitrogen and oxygen atoms in total. The average molecular weight is 711 g/mol. The van der Waals surface area contributed by atoms with Gasteiger partial charge in [0.15, 0.2) is 0 Å². The van der Waals surface area contributed by atoms with E-state index >= 15 is 0 Å². The number of rotatable bonds is 6. The maximum absolute atomic E-state index is 2.46. The summed E-state index contributed by atoms with van der Waals surface area (Å²) in [4.78, 5) is 0. The third-order valence-corrected chi connectivity index (χ3v) is 12.0. The van der Waals surface area contributed by atoms with Crippen LogP contribution in [0.1, 0.15) is 45.2 Å². The zero-order valence-electron chi connectivity index (χ0n) is 30.9. The van der Waals surface area contributed by atoms with E-state index in [0.29, 0.717) is 0 Å². The largest absolute Gasteiger partial charge is 0.0622 e. The van der Waals surface area contributed by atoms with Crippen LogP contribution in [0.25, 0.3) is 66.8 Å². The lowest BCUT2D eigenvalue weighted by molar-refractivity contribution is 0.986. The van der Waals surface area contributed by atoms with Gasteiger partial charge < -0.3 is 0 Å². The first-order chi connectivity index (χ1) is 27.8. The Hall–Kier alpha value is -7.02. The minimum absolute atomic E-state index is 0.00423. The van der Waals surface area contributed by atoms with Crippen molar-refractivity contribution in [3.63, 3.8) is 0 Å². The maximum atomic E-state index is 2.46. The smallest absolute Gasteiger partial charge is 0.0359 e. The van der Waals surface area contributed by atoms with Crippen LogP contribution in [0.5, 0.6) is 0 Å². The van der Waals surface area contributed by atoms with E-state index in [1.54, 1.807) is 0 Å². The van der Waals surface area contributed by atoms with Gasteiger partial charge in [-0.05, 0) is 106 Å². The fourth-order valence-electron chi connectivity index (χ4n) is 9.75. The fraction of sp³-hybridized carbons (Fsp3) is 0.0357. The lowest BCUT2D eigenvalue weighted by Gasteiger charge is -2.27. The van der Waals surface area contributed by atoms with Gasteiger partial charge in [0.2, 0.25) is 0 Å². The average Bonchev–Trinajstić information content (AvgIpc) is 3.80. The molecule has 0 saturated carbocycles. The summed E-state index contributed by atoms with van der Waals surface area (Å²) in [5.41, 5.74) is 23.6. The highest BCUT2D eigenvalue weighted by molar-refractivity contribution is 6.08. The molecule has 2 atom stereocenters. The Morgan fingerprint density at radius 3 is 1.05 bits per heavy atom. The molecule has 0 aliphatic heterocycles. The van der Waals surface area contributed by atoms with Crippen LogP contribution in [0, 0.1) is 0 Å². The molecule has 262 valence electrons. The van der Waals surface area contributed by atoms with Crippen molar-refractivity contribution >= 4 is 0 Å². The van der Waals surface area contributed by atoms with Crippen LogP contribution in [-0.4, -0.2) is 0 Å². The molecule has 0 amide bonds. The Morgan fingerprint density at radius 2 is 0.589 bits per heavy atom. The van der Waals surface area contributed by atoms with E-state index < -0.39 is 0 Å². The fourth-order valence-corrected chi connectivity index (χ4v) is 9.75. The molecule has 0 aromatic heterocycles. The molecule has 0 heterocycles. The van der Waals surface area contributed by atoms with Crippen LogP contribution in [0.15, 0.2) is 218 Å². The van der Waals surface area contributed by atoms with Crippen LogP contribution in [-0.2, 0) is 0 Å². The van der Waals surface area contributed by atoms with E-state index in [2.05, 4.69) is 218 Å². The van der Waals surface area contributed by atoms with Gasteiger partial charge in [0.1, 0.15) is 0 Å². The first-order valence-electron chi connectivity index (χ1n) is 19.7. The second-order valence-corrected chi connectivity index (χ2v) is 15.1. The van der Waals surface area contributed by atoms with E-state index in [0.717, 1.165) is 0 Å². The van der Waals surface area contributed by atoms with Crippen LogP contribution in [0.2, 0.25) is 0 Å². The molecule has 2 unspecified atom stereocenters. The van der Waals surface area contributed by atoms with Crippen molar-refractivity contribution < 1.29 is 0 Å². The zero-order chi connectivity index (χ0) is 37.0. The number of fused-ring (bicyclic) bond motifs is 6. The molecule has 2 aliphatic rings. The van der Waals surface area contributed by atoms with Gasteiger partial charge in [-0.15, -0.1) is 0 Å². The molecule has 11 rings (SSSR count). The predicted octanol–water partition coefficient (Wildman–Crippen LogP) is 14.7. The van der Waals surface area contributed by atoms with Crippen LogP contribution < -0.4 is 0 Å². The highest BCUT2D eigenvalue weighted by atomic mass is 14.5.